The maximum absolute atomic E-state index is 12.6. The number of rotatable bonds is 2. The number of nitrogens with two attached hydrogens (primary N) is 1. The van der Waals surface area contributed by atoms with Crippen LogP contribution in [0.2, 0.25) is 5.15 Å². The fraction of sp³-hybridized carbons (Fsp3) is 0.250. The zero-order chi connectivity index (χ0) is 15.0. The zero-order valence-corrected chi connectivity index (χ0v) is 12.5. The molecule has 1 amide bonds. The molecule has 0 unspecified atom stereocenters. The average Bonchev–Trinajstić information content (AvgIpc) is 2.88. The lowest BCUT2D eigenvalue weighted by molar-refractivity contribution is 0.0737. The molecule has 0 spiro atoms. The lowest BCUT2D eigenvalue weighted by Crippen LogP contribution is -2.37. The van der Waals surface area contributed by atoms with Gasteiger partial charge in [0.15, 0.2) is 0 Å². The predicted molar refractivity (Wildman–Crippen MR) is 83.4 cm³/mol. The van der Waals surface area contributed by atoms with Gasteiger partial charge >= 0.3 is 0 Å². The fourth-order valence-electron chi connectivity index (χ4n) is 2.82. The van der Waals surface area contributed by atoms with Gasteiger partial charge < -0.3 is 10.6 Å². The summed E-state index contributed by atoms with van der Waals surface area (Å²) in [4.78, 5) is 18.2. The Labute approximate surface area is 128 Å². The van der Waals surface area contributed by atoms with Crippen molar-refractivity contribution in [2.75, 3.05) is 12.8 Å². The Morgan fingerprint density at radius 2 is 1.90 bits per heavy atom. The Bertz CT molecular complexity index is 656. The lowest BCUT2D eigenvalue weighted by atomic mass is 10.1. The lowest BCUT2D eigenvalue weighted by Gasteiger charge is -2.24. The van der Waals surface area contributed by atoms with Crippen LogP contribution in [0.4, 0.5) is 5.82 Å². The number of carbonyl (C=O) groups excluding carboxylic acids is 1. The van der Waals surface area contributed by atoms with E-state index in [1.165, 1.54) is 11.1 Å². The van der Waals surface area contributed by atoms with Crippen LogP contribution in [-0.4, -0.2) is 28.9 Å². The number of amides is 1. The van der Waals surface area contributed by atoms with E-state index in [1.807, 2.05) is 19.2 Å². The smallest absolute Gasteiger partial charge is 0.254 e. The van der Waals surface area contributed by atoms with Gasteiger partial charge in [0.2, 0.25) is 0 Å². The number of aromatic nitrogens is 1. The number of anilines is 1. The van der Waals surface area contributed by atoms with Crippen LogP contribution in [0.25, 0.3) is 0 Å². The van der Waals surface area contributed by atoms with Gasteiger partial charge in [-0.1, -0.05) is 35.9 Å². The molecule has 0 saturated carbocycles. The second kappa shape index (κ2) is 5.37. The highest BCUT2D eigenvalue weighted by atomic mass is 35.5. The van der Waals surface area contributed by atoms with E-state index >= 15 is 0 Å². The summed E-state index contributed by atoms with van der Waals surface area (Å²) in [6.45, 7) is 0. The van der Waals surface area contributed by atoms with Crippen LogP contribution in [0.5, 0.6) is 0 Å². The molecule has 2 N–H and O–H groups in total. The van der Waals surface area contributed by atoms with Gasteiger partial charge in [0.05, 0.1) is 0 Å². The molecule has 0 saturated heterocycles. The van der Waals surface area contributed by atoms with Crippen molar-refractivity contribution in [3.05, 3.63) is 58.2 Å². The Morgan fingerprint density at radius 3 is 2.48 bits per heavy atom. The third-order valence-corrected chi connectivity index (χ3v) is 4.15. The standard InChI is InChI=1S/C16H16ClN3O/c1-20(13-6-10-4-2-3-5-11(10)7-13)16(21)12-8-14(17)19-15(18)9-12/h2-5,8-9,13H,6-7H2,1H3,(H2,18,19). The summed E-state index contributed by atoms with van der Waals surface area (Å²) in [6.07, 6.45) is 1.76. The molecule has 1 heterocycles. The van der Waals surface area contributed by atoms with Crippen LogP contribution in [0.15, 0.2) is 36.4 Å². The van der Waals surface area contributed by atoms with Crippen molar-refractivity contribution in [3.8, 4) is 0 Å². The molecule has 4 nitrogen and oxygen atoms in total. The maximum atomic E-state index is 12.6. The second-order valence-electron chi connectivity index (χ2n) is 5.35. The molecule has 0 aliphatic heterocycles. The largest absolute Gasteiger partial charge is 0.384 e. The first-order valence-corrected chi connectivity index (χ1v) is 7.19. The summed E-state index contributed by atoms with van der Waals surface area (Å²) in [5.41, 5.74) is 8.76. The second-order valence-corrected chi connectivity index (χ2v) is 5.74. The SMILES string of the molecule is CN(C(=O)c1cc(N)nc(Cl)c1)C1Cc2ccccc2C1. The Morgan fingerprint density at radius 1 is 1.29 bits per heavy atom. The highest BCUT2D eigenvalue weighted by Gasteiger charge is 2.28. The first-order valence-electron chi connectivity index (χ1n) is 6.81. The molecule has 0 bridgehead atoms. The van der Waals surface area contributed by atoms with Crippen molar-refractivity contribution in [3.63, 3.8) is 0 Å². The number of halogens is 1. The number of nitrogens with zero attached hydrogens (tertiary/aromatic N) is 2. The van der Waals surface area contributed by atoms with Gasteiger partial charge in [0.25, 0.3) is 5.91 Å². The number of likely N-dealkylation sites (N-methyl/N-ethyl adjacent to an activating group) is 1. The van der Waals surface area contributed by atoms with Crippen molar-refractivity contribution in [2.45, 2.75) is 18.9 Å². The summed E-state index contributed by atoms with van der Waals surface area (Å²) in [6, 6.07) is 11.6. The number of hydrogen-bond donors (Lipinski definition) is 1. The Kier molecular flexibility index (Phi) is 3.55. The summed E-state index contributed by atoms with van der Waals surface area (Å²) in [7, 11) is 1.82. The summed E-state index contributed by atoms with van der Waals surface area (Å²) >= 11 is 5.87. The number of pyridine rings is 1. The molecule has 0 radical (unpaired) electrons. The quantitative estimate of drug-likeness (QED) is 0.867. The van der Waals surface area contributed by atoms with Crippen LogP contribution in [-0.2, 0) is 12.8 Å². The highest BCUT2D eigenvalue weighted by Crippen LogP contribution is 2.26. The van der Waals surface area contributed by atoms with E-state index in [0.717, 1.165) is 12.8 Å². The van der Waals surface area contributed by atoms with E-state index in [4.69, 9.17) is 17.3 Å². The third-order valence-electron chi connectivity index (χ3n) is 3.96. The molecule has 5 heteroatoms. The topological polar surface area (TPSA) is 59.2 Å². The Balaban J connectivity index is 1.80. The van der Waals surface area contributed by atoms with Gasteiger partial charge in [-0.25, -0.2) is 4.98 Å². The van der Waals surface area contributed by atoms with E-state index in [9.17, 15) is 4.79 Å². The highest BCUT2D eigenvalue weighted by molar-refractivity contribution is 6.29. The van der Waals surface area contributed by atoms with Gasteiger partial charge in [0.1, 0.15) is 11.0 Å². The van der Waals surface area contributed by atoms with E-state index in [2.05, 4.69) is 17.1 Å². The number of nitrogen functional groups attached to an aromatic ring is 1. The zero-order valence-electron chi connectivity index (χ0n) is 11.7. The molecule has 1 aliphatic carbocycles. The van der Waals surface area contributed by atoms with Crippen molar-refractivity contribution in [2.24, 2.45) is 0 Å². The van der Waals surface area contributed by atoms with Gasteiger partial charge in [-0.15, -0.1) is 0 Å². The van der Waals surface area contributed by atoms with Crippen LogP contribution in [0, 0.1) is 0 Å². The monoisotopic (exact) mass is 301 g/mol. The van der Waals surface area contributed by atoms with Crippen molar-refractivity contribution in [1.82, 2.24) is 9.88 Å². The van der Waals surface area contributed by atoms with Crippen molar-refractivity contribution >= 4 is 23.3 Å². The van der Waals surface area contributed by atoms with E-state index < -0.39 is 0 Å². The molecule has 1 aromatic carbocycles. The molecule has 1 aliphatic rings. The van der Waals surface area contributed by atoms with Gasteiger partial charge in [-0.3, -0.25) is 4.79 Å². The predicted octanol–water partition coefficient (Wildman–Crippen LogP) is 2.56. The maximum Gasteiger partial charge on any atom is 0.254 e. The van der Waals surface area contributed by atoms with Crippen molar-refractivity contribution < 1.29 is 4.79 Å². The minimum absolute atomic E-state index is 0.0798. The van der Waals surface area contributed by atoms with E-state index in [1.54, 1.807) is 17.0 Å². The van der Waals surface area contributed by atoms with E-state index in [0.29, 0.717) is 5.56 Å². The molecular formula is C16H16ClN3O. The van der Waals surface area contributed by atoms with Crippen LogP contribution >= 0.6 is 11.6 Å². The van der Waals surface area contributed by atoms with Gasteiger partial charge in [0, 0.05) is 18.7 Å². The first-order chi connectivity index (χ1) is 10.0. The van der Waals surface area contributed by atoms with Crippen LogP contribution in [0.3, 0.4) is 0 Å². The minimum Gasteiger partial charge on any atom is -0.384 e. The minimum atomic E-state index is -0.0798. The Hall–Kier alpha value is -2.07. The number of fused-ring (bicyclic) bond motifs is 1. The summed E-state index contributed by atoms with van der Waals surface area (Å²) < 4.78 is 0. The summed E-state index contributed by atoms with van der Waals surface area (Å²) in [5, 5.41) is 0.237. The van der Waals surface area contributed by atoms with E-state index in [-0.39, 0.29) is 22.9 Å². The van der Waals surface area contributed by atoms with Crippen LogP contribution < -0.4 is 5.73 Å². The molecule has 2 aromatic rings. The first kappa shape index (κ1) is 13.9. The third kappa shape index (κ3) is 2.72. The molecule has 3 rings (SSSR count). The normalized spacial score (nSPS) is 14.0. The molecule has 0 fully saturated rings. The number of hydrogen-bond acceptors (Lipinski definition) is 3. The number of carbonyl (C=O) groups is 1. The summed E-state index contributed by atoms with van der Waals surface area (Å²) in [5.74, 6) is 0.178. The molecule has 1 aromatic heterocycles. The molecule has 21 heavy (non-hydrogen) atoms. The number of benzene rings is 1. The van der Waals surface area contributed by atoms with Gasteiger partial charge in [-0.2, -0.15) is 0 Å². The average molecular weight is 302 g/mol. The van der Waals surface area contributed by atoms with Gasteiger partial charge in [-0.05, 0) is 36.1 Å². The molecule has 0 atom stereocenters. The molecule has 108 valence electrons. The fourth-order valence-corrected chi connectivity index (χ4v) is 3.03. The van der Waals surface area contributed by atoms with Crippen LogP contribution in [0.1, 0.15) is 21.5 Å². The molecular weight excluding hydrogens is 286 g/mol. The van der Waals surface area contributed by atoms with Crippen molar-refractivity contribution in [1.29, 1.82) is 0 Å².